The lowest BCUT2D eigenvalue weighted by atomic mass is 10.0. The van der Waals surface area contributed by atoms with Crippen molar-refractivity contribution >= 4 is 21.7 Å². The highest BCUT2D eigenvalue weighted by Gasteiger charge is 2.14. The number of hydrogen-bond acceptors (Lipinski definition) is 2. The third-order valence-corrected chi connectivity index (χ3v) is 3.06. The number of hydrogen-bond donors (Lipinski definition) is 0. The van der Waals surface area contributed by atoms with Crippen LogP contribution in [0.1, 0.15) is 15.9 Å². The first kappa shape index (κ1) is 12.8. The van der Waals surface area contributed by atoms with Gasteiger partial charge >= 0.3 is 0 Å². The summed E-state index contributed by atoms with van der Waals surface area (Å²) in [6, 6.07) is 11.0. The van der Waals surface area contributed by atoms with E-state index in [-0.39, 0.29) is 11.3 Å². The molecule has 2 aromatic rings. The molecule has 0 saturated carbocycles. The number of ether oxygens (including phenoxy) is 1. The van der Waals surface area contributed by atoms with E-state index in [2.05, 4.69) is 15.9 Å². The molecule has 2 nitrogen and oxygen atoms in total. The van der Waals surface area contributed by atoms with Crippen molar-refractivity contribution in [3.63, 3.8) is 0 Å². The Balaban J connectivity index is 2.37. The number of benzene rings is 2. The predicted octanol–water partition coefficient (Wildman–Crippen LogP) is 3.83. The van der Waals surface area contributed by atoms with Crippen molar-refractivity contribution in [3.8, 4) is 5.75 Å². The maximum Gasteiger partial charge on any atom is 0.195 e. The average Bonchev–Trinajstić information content (AvgIpc) is 2.38. The molecular weight excluding hydrogens is 299 g/mol. The van der Waals surface area contributed by atoms with Crippen LogP contribution in [0.5, 0.6) is 5.75 Å². The molecule has 0 bridgehead atoms. The molecule has 0 radical (unpaired) electrons. The Morgan fingerprint density at radius 2 is 1.83 bits per heavy atom. The minimum absolute atomic E-state index is 0.0399. The van der Waals surface area contributed by atoms with Crippen molar-refractivity contribution in [1.29, 1.82) is 0 Å². The average molecular weight is 309 g/mol. The van der Waals surface area contributed by atoms with Gasteiger partial charge in [-0.05, 0) is 36.4 Å². The van der Waals surface area contributed by atoms with Crippen molar-refractivity contribution in [3.05, 3.63) is 63.9 Å². The summed E-state index contributed by atoms with van der Waals surface area (Å²) in [4.78, 5) is 12.1. The van der Waals surface area contributed by atoms with E-state index in [0.717, 1.165) is 4.47 Å². The van der Waals surface area contributed by atoms with E-state index in [0.29, 0.717) is 11.3 Å². The zero-order valence-corrected chi connectivity index (χ0v) is 11.2. The Kier molecular flexibility index (Phi) is 3.77. The van der Waals surface area contributed by atoms with Crippen LogP contribution in [-0.4, -0.2) is 12.9 Å². The van der Waals surface area contributed by atoms with Crippen LogP contribution in [0.4, 0.5) is 4.39 Å². The molecular formula is C14H10BrFO2. The second kappa shape index (κ2) is 5.31. The quantitative estimate of drug-likeness (QED) is 0.806. The van der Waals surface area contributed by atoms with Gasteiger partial charge in [0.05, 0.1) is 12.7 Å². The summed E-state index contributed by atoms with van der Waals surface area (Å²) in [5.41, 5.74) is 0.486. The standard InChI is InChI=1S/C14H10BrFO2/c1-18-11-6-7-12(13(16)8-11)14(17)9-2-4-10(15)5-3-9/h2-8H,1H3. The molecule has 0 spiro atoms. The number of carbonyl (C=O) groups excluding carboxylic acids is 1. The van der Waals surface area contributed by atoms with Crippen molar-refractivity contribution in [1.82, 2.24) is 0 Å². The normalized spacial score (nSPS) is 10.2. The van der Waals surface area contributed by atoms with Crippen LogP contribution in [0.2, 0.25) is 0 Å². The molecule has 0 aliphatic heterocycles. The second-order valence-corrected chi connectivity index (χ2v) is 4.60. The van der Waals surface area contributed by atoms with Gasteiger partial charge in [-0.15, -0.1) is 0 Å². The Morgan fingerprint density at radius 1 is 1.17 bits per heavy atom. The molecule has 0 aliphatic carbocycles. The monoisotopic (exact) mass is 308 g/mol. The summed E-state index contributed by atoms with van der Waals surface area (Å²) in [7, 11) is 1.45. The zero-order chi connectivity index (χ0) is 13.1. The lowest BCUT2D eigenvalue weighted by Gasteiger charge is -2.05. The maximum atomic E-state index is 13.7. The van der Waals surface area contributed by atoms with E-state index in [1.54, 1.807) is 30.3 Å². The van der Waals surface area contributed by atoms with E-state index in [1.807, 2.05) is 0 Å². The SMILES string of the molecule is COc1ccc(C(=O)c2ccc(Br)cc2)c(F)c1. The summed E-state index contributed by atoms with van der Waals surface area (Å²) in [6.07, 6.45) is 0. The van der Waals surface area contributed by atoms with E-state index in [4.69, 9.17) is 4.74 Å². The Bertz CT molecular complexity index is 579. The van der Waals surface area contributed by atoms with Crippen LogP contribution in [0.25, 0.3) is 0 Å². The first-order chi connectivity index (χ1) is 8.61. The fourth-order valence-electron chi connectivity index (χ4n) is 1.56. The predicted molar refractivity (Wildman–Crippen MR) is 70.5 cm³/mol. The molecule has 2 aromatic carbocycles. The summed E-state index contributed by atoms with van der Waals surface area (Å²) in [6.45, 7) is 0. The minimum Gasteiger partial charge on any atom is -0.497 e. The first-order valence-corrected chi connectivity index (χ1v) is 6.05. The molecule has 92 valence electrons. The topological polar surface area (TPSA) is 26.3 Å². The van der Waals surface area contributed by atoms with E-state index in [9.17, 15) is 9.18 Å². The van der Waals surface area contributed by atoms with E-state index < -0.39 is 5.82 Å². The van der Waals surface area contributed by atoms with Gasteiger partial charge in [0, 0.05) is 16.1 Å². The molecule has 0 aromatic heterocycles. The molecule has 0 N–H and O–H groups in total. The molecule has 0 saturated heterocycles. The number of ketones is 1. The van der Waals surface area contributed by atoms with Gasteiger partial charge in [-0.1, -0.05) is 15.9 Å². The van der Waals surface area contributed by atoms with Gasteiger partial charge < -0.3 is 4.74 Å². The smallest absolute Gasteiger partial charge is 0.195 e. The number of methoxy groups -OCH3 is 1. The van der Waals surface area contributed by atoms with Crippen LogP contribution >= 0.6 is 15.9 Å². The fraction of sp³-hybridized carbons (Fsp3) is 0.0714. The highest BCUT2D eigenvalue weighted by molar-refractivity contribution is 9.10. The molecule has 18 heavy (non-hydrogen) atoms. The van der Waals surface area contributed by atoms with Crippen molar-refractivity contribution in [2.75, 3.05) is 7.11 Å². The summed E-state index contributed by atoms with van der Waals surface area (Å²) < 4.78 is 19.5. The third kappa shape index (κ3) is 2.59. The molecule has 0 aliphatic rings. The van der Waals surface area contributed by atoms with Gasteiger partial charge in [-0.25, -0.2) is 4.39 Å². The van der Waals surface area contributed by atoms with Crippen molar-refractivity contribution < 1.29 is 13.9 Å². The fourth-order valence-corrected chi connectivity index (χ4v) is 1.83. The largest absolute Gasteiger partial charge is 0.497 e. The maximum absolute atomic E-state index is 13.7. The first-order valence-electron chi connectivity index (χ1n) is 5.25. The molecule has 2 rings (SSSR count). The van der Waals surface area contributed by atoms with Crippen LogP contribution in [0, 0.1) is 5.82 Å². The van der Waals surface area contributed by atoms with Gasteiger partial charge in [0.2, 0.25) is 0 Å². The second-order valence-electron chi connectivity index (χ2n) is 3.68. The lowest BCUT2D eigenvalue weighted by Crippen LogP contribution is -2.04. The molecule has 0 atom stereocenters. The summed E-state index contributed by atoms with van der Waals surface area (Å²) in [5.74, 6) is -0.537. The van der Waals surface area contributed by atoms with Gasteiger partial charge in [0.1, 0.15) is 11.6 Å². The third-order valence-electron chi connectivity index (χ3n) is 2.53. The Labute approximate surface area is 113 Å². The number of halogens is 2. The molecule has 0 amide bonds. The molecule has 0 heterocycles. The van der Waals surface area contributed by atoms with Gasteiger partial charge in [0.25, 0.3) is 0 Å². The Morgan fingerprint density at radius 3 is 2.39 bits per heavy atom. The van der Waals surface area contributed by atoms with Gasteiger partial charge in [-0.2, -0.15) is 0 Å². The molecule has 4 heteroatoms. The van der Waals surface area contributed by atoms with Gasteiger partial charge in [-0.3, -0.25) is 4.79 Å². The molecule has 0 fully saturated rings. The van der Waals surface area contributed by atoms with E-state index in [1.165, 1.54) is 19.2 Å². The summed E-state index contributed by atoms with van der Waals surface area (Å²) >= 11 is 3.28. The number of rotatable bonds is 3. The van der Waals surface area contributed by atoms with Gasteiger partial charge in [0.15, 0.2) is 5.78 Å². The van der Waals surface area contributed by atoms with Crippen LogP contribution in [0.15, 0.2) is 46.9 Å². The van der Waals surface area contributed by atoms with Crippen molar-refractivity contribution in [2.24, 2.45) is 0 Å². The minimum atomic E-state index is -0.581. The number of carbonyl (C=O) groups is 1. The van der Waals surface area contributed by atoms with Crippen LogP contribution in [-0.2, 0) is 0 Å². The molecule has 0 unspecified atom stereocenters. The highest BCUT2D eigenvalue weighted by Crippen LogP contribution is 2.20. The lowest BCUT2D eigenvalue weighted by molar-refractivity contribution is 0.103. The zero-order valence-electron chi connectivity index (χ0n) is 9.61. The van der Waals surface area contributed by atoms with E-state index >= 15 is 0 Å². The van der Waals surface area contributed by atoms with Crippen molar-refractivity contribution in [2.45, 2.75) is 0 Å². The highest BCUT2D eigenvalue weighted by atomic mass is 79.9. The van der Waals surface area contributed by atoms with Crippen LogP contribution < -0.4 is 4.74 Å². The Hall–Kier alpha value is -1.68. The van der Waals surface area contributed by atoms with Crippen LogP contribution in [0.3, 0.4) is 0 Å². The summed E-state index contributed by atoms with van der Waals surface area (Å²) in [5, 5.41) is 0.